The van der Waals surface area contributed by atoms with Crippen LogP contribution in [0.1, 0.15) is 45.5 Å². The van der Waals surface area contributed by atoms with Crippen molar-refractivity contribution >= 4 is 27.5 Å². The summed E-state index contributed by atoms with van der Waals surface area (Å²) < 4.78 is 0. The average Bonchev–Trinajstić information content (AvgIpc) is 2.49. The highest BCUT2D eigenvalue weighted by molar-refractivity contribution is 9.09. The summed E-state index contributed by atoms with van der Waals surface area (Å²) in [7, 11) is 0. The first-order chi connectivity index (χ1) is 9.65. The first kappa shape index (κ1) is 14.2. The van der Waals surface area contributed by atoms with Crippen molar-refractivity contribution in [2.24, 2.45) is 0 Å². The number of fused-ring (bicyclic) bond motifs is 1. The highest BCUT2D eigenvalue weighted by Gasteiger charge is 2.15. The lowest BCUT2D eigenvalue weighted by molar-refractivity contribution is 0.684. The van der Waals surface area contributed by atoms with Crippen LogP contribution in [0.2, 0.25) is 5.02 Å². The summed E-state index contributed by atoms with van der Waals surface area (Å²) in [6.07, 6.45) is 5.11. The number of benzene rings is 2. The van der Waals surface area contributed by atoms with E-state index < -0.39 is 0 Å². The second-order valence-corrected chi connectivity index (χ2v) is 6.93. The van der Waals surface area contributed by atoms with E-state index in [-0.39, 0.29) is 4.83 Å². The van der Waals surface area contributed by atoms with E-state index >= 15 is 0 Å². The third-order valence-corrected chi connectivity index (χ3v) is 5.62. The molecule has 0 N–H and O–H groups in total. The molecular formula is C18H18BrCl. The molecule has 2 aromatic carbocycles. The zero-order chi connectivity index (χ0) is 14.1. The second kappa shape index (κ2) is 5.91. The minimum Gasteiger partial charge on any atom is -0.0840 e. The normalized spacial score (nSPS) is 15.8. The Hall–Kier alpha value is -0.790. The summed E-state index contributed by atoms with van der Waals surface area (Å²) in [5.41, 5.74) is 6.72. The number of halogens is 2. The molecule has 0 radical (unpaired) electrons. The van der Waals surface area contributed by atoms with Crippen molar-refractivity contribution in [2.45, 2.75) is 37.4 Å². The van der Waals surface area contributed by atoms with Gasteiger partial charge in [-0.1, -0.05) is 57.9 Å². The molecular weight excluding hydrogens is 332 g/mol. The summed E-state index contributed by atoms with van der Waals surface area (Å²) in [4.78, 5) is 0.216. The van der Waals surface area contributed by atoms with E-state index in [4.69, 9.17) is 11.6 Å². The molecule has 0 saturated heterocycles. The van der Waals surface area contributed by atoms with Gasteiger partial charge in [-0.15, -0.1) is 0 Å². The Morgan fingerprint density at radius 2 is 1.60 bits per heavy atom. The zero-order valence-electron chi connectivity index (χ0n) is 11.6. The Labute approximate surface area is 134 Å². The maximum Gasteiger partial charge on any atom is 0.0645 e. The van der Waals surface area contributed by atoms with E-state index in [9.17, 15) is 0 Å². The van der Waals surface area contributed by atoms with Crippen LogP contribution in [-0.2, 0) is 12.8 Å². The summed E-state index contributed by atoms with van der Waals surface area (Å²) in [5, 5.41) is 0.838. The Bertz CT molecular complexity index is 633. The van der Waals surface area contributed by atoms with Gasteiger partial charge in [-0.25, -0.2) is 0 Å². The minimum absolute atomic E-state index is 0.216. The lowest BCUT2D eigenvalue weighted by Crippen LogP contribution is -2.04. The monoisotopic (exact) mass is 348 g/mol. The van der Waals surface area contributed by atoms with Crippen LogP contribution in [0, 0.1) is 6.92 Å². The predicted octanol–water partition coefficient (Wildman–Crippen LogP) is 6.01. The number of hydrogen-bond donors (Lipinski definition) is 0. The minimum atomic E-state index is 0.216. The lowest BCUT2D eigenvalue weighted by Gasteiger charge is -2.19. The van der Waals surface area contributed by atoms with Crippen LogP contribution in [0.15, 0.2) is 36.4 Å². The Kier molecular flexibility index (Phi) is 4.18. The van der Waals surface area contributed by atoms with Crippen LogP contribution in [0.4, 0.5) is 0 Å². The van der Waals surface area contributed by atoms with E-state index in [1.54, 1.807) is 0 Å². The molecule has 0 fully saturated rings. The molecule has 0 aliphatic heterocycles. The molecule has 0 bridgehead atoms. The van der Waals surface area contributed by atoms with E-state index in [0.717, 1.165) is 10.6 Å². The summed E-state index contributed by atoms with van der Waals surface area (Å²) >= 11 is 10.1. The maximum absolute atomic E-state index is 6.24. The van der Waals surface area contributed by atoms with Crippen LogP contribution in [0.3, 0.4) is 0 Å². The molecule has 104 valence electrons. The van der Waals surface area contributed by atoms with Gasteiger partial charge in [0, 0.05) is 5.02 Å². The third-order valence-electron chi connectivity index (χ3n) is 4.15. The highest BCUT2D eigenvalue weighted by Crippen LogP contribution is 2.35. The van der Waals surface area contributed by atoms with Gasteiger partial charge in [0.25, 0.3) is 0 Å². The number of alkyl halides is 1. The number of aryl methyl sites for hydroxylation is 3. The number of hydrogen-bond acceptors (Lipinski definition) is 0. The second-order valence-electron chi connectivity index (χ2n) is 5.61. The van der Waals surface area contributed by atoms with Crippen molar-refractivity contribution in [3.05, 3.63) is 69.2 Å². The van der Waals surface area contributed by atoms with Gasteiger partial charge in [-0.3, -0.25) is 0 Å². The molecule has 0 heterocycles. The standard InChI is InChI=1S/C18H18BrCl/c1-12-6-7-16(11-17(12)20)18(19)15-9-8-13-4-2-3-5-14(13)10-15/h6-11,18H,2-5H2,1H3. The van der Waals surface area contributed by atoms with Gasteiger partial charge in [-0.2, -0.15) is 0 Å². The Balaban J connectivity index is 1.93. The lowest BCUT2D eigenvalue weighted by atomic mass is 9.89. The van der Waals surface area contributed by atoms with Crippen LogP contribution < -0.4 is 0 Å². The van der Waals surface area contributed by atoms with Gasteiger partial charge in [-0.05, 0) is 66.5 Å². The van der Waals surface area contributed by atoms with E-state index in [1.807, 2.05) is 6.92 Å². The van der Waals surface area contributed by atoms with Gasteiger partial charge < -0.3 is 0 Å². The molecule has 0 aromatic heterocycles. The fourth-order valence-corrected chi connectivity index (χ4v) is 3.63. The zero-order valence-corrected chi connectivity index (χ0v) is 14.0. The van der Waals surface area contributed by atoms with Gasteiger partial charge >= 0.3 is 0 Å². The van der Waals surface area contributed by atoms with E-state index in [2.05, 4.69) is 52.3 Å². The van der Waals surface area contributed by atoms with Crippen molar-refractivity contribution in [3.8, 4) is 0 Å². The first-order valence-electron chi connectivity index (χ1n) is 7.17. The van der Waals surface area contributed by atoms with Crippen LogP contribution in [0.25, 0.3) is 0 Å². The van der Waals surface area contributed by atoms with Crippen LogP contribution >= 0.6 is 27.5 Å². The highest BCUT2D eigenvalue weighted by atomic mass is 79.9. The summed E-state index contributed by atoms with van der Waals surface area (Å²) in [6, 6.07) is 13.2. The SMILES string of the molecule is Cc1ccc(C(Br)c2ccc3c(c2)CCCC3)cc1Cl. The molecule has 0 saturated carbocycles. The molecule has 20 heavy (non-hydrogen) atoms. The largest absolute Gasteiger partial charge is 0.0840 e. The van der Waals surface area contributed by atoms with Gasteiger partial charge in [0.15, 0.2) is 0 Å². The number of rotatable bonds is 2. The molecule has 2 aromatic rings. The smallest absolute Gasteiger partial charge is 0.0645 e. The molecule has 0 nitrogen and oxygen atoms in total. The van der Waals surface area contributed by atoms with Gasteiger partial charge in [0.2, 0.25) is 0 Å². The molecule has 0 spiro atoms. The van der Waals surface area contributed by atoms with Gasteiger partial charge in [0.05, 0.1) is 4.83 Å². The molecule has 0 amide bonds. The molecule has 1 unspecified atom stereocenters. The molecule has 3 rings (SSSR count). The fourth-order valence-electron chi connectivity index (χ4n) is 2.87. The first-order valence-corrected chi connectivity index (χ1v) is 8.46. The Morgan fingerprint density at radius 3 is 2.35 bits per heavy atom. The van der Waals surface area contributed by atoms with Crippen molar-refractivity contribution in [1.29, 1.82) is 0 Å². The molecule has 1 aliphatic rings. The van der Waals surface area contributed by atoms with Crippen LogP contribution in [-0.4, -0.2) is 0 Å². The van der Waals surface area contributed by atoms with Crippen molar-refractivity contribution < 1.29 is 0 Å². The molecule has 1 aliphatic carbocycles. The average molecular weight is 350 g/mol. The third kappa shape index (κ3) is 2.80. The van der Waals surface area contributed by atoms with Gasteiger partial charge in [0.1, 0.15) is 0 Å². The van der Waals surface area contributed by atoms with Crippen LogP contribution in [0.5, 0.6) is 0 Å². The van der Waals surface area contributed by atoms with E-state index in [0.29, 0.717) is 0 Å². The van der Waals surface area contributed by atoms with E-state index in [1.165, 1.54) is 47.9 Å². The summed E-state index contributed by atoms with van der Waals surface area (Å²) in [5.74, 6) is 0. The van der Waals surface area contributed by atoms with Crippen molar-refractivity contribution in [1.82, 2.24) is 0 Å². The predicted molar refractivity (Wildman–Crippen MR) is 90.0 cm³/mol. The fraction of sp³-hybridized carbons (Fsp3) is 0.333. The quantitative estimate of drug-likeness (QED) is 0.582. The molecule has 2 heteroatoms. The maximum atomic E-state index is 6.24. The molecule has 1 atom stereocenters. The van der Waals surface area contributed by atoms with Crippen molar-refractivity contribution in [3.63, 3.8) is 0 Å². The van der Waals surface area contributed by atoms with Crippen molar-refractivity contribution in [2.75, 3.05) is 0 Å². The topological polar surface area (TPSA) is 0 Å². The Morgan fingerprint density at radius 1 is 0.950 bits per heavy atom. The summed E-state index contributed by atoms with van der Waals surface area (Å²) in [6.45, 7) is 2.04.